The molecule has 1 aromatic heterocycles. The Labute approximate surface area is 139 Å². The number of carbonyl (C=O) groups is 2. The van der Waals surface area contributed by atoms with Crippen LogP contribution in [0.15, 0.2) is 48.7 Å². The summed E-state index contributed by atoms with van der Waals surface area (Å²) in [6.45, 7) is 3.39. The Balaban J connectivity index is 1.93. The van der Waals surface area contributed by atoms with E-state index in [0.29, 0.717) is 0 Å². The van der Waals surface area contributed by atoms with Gasteiger partial charge in [-0.05, 0) is 31.5 Å². The van der Waals surface area contributed by atoms with E-state index in [1.807, 2.05) is 37.3 Å². The Morgan fingerprint density at radius 3 is 2.52 bits per heavy atom. The minimum absolute atomic E-state index is 0.180. The van der Waals surface area contributed by atoms with Gasteiger partial charge in [0.05, 0.1) is 11.6 Å². The smallest absolute Gasteiger partial charge is 0.339 e. The first-order valence-corrected chi connectivity index (χ1v) is 7.53. The van der Waals surface area contributed by atoms with Gasteiger partial charge < -0.3 is 10.1 Å². The number of pyridine rings is 1. The molecule has 0 saturated carbocycles. The second kappa shape index (κ2) is 7.74. The van der Waals surface area contributed by atoms with Crippen LogP contribution in [0.4, 0.5) is 0 Å². The molecule has 1 heterocycles. The fraction of sp³-hybridized carbons (Fsp3) is 0.235. The summed E-state index contributed by atoms with van der Waals surface area (Å²) in [5.41, 5.74) is 1.22. The molecule has 2 aromatic rings. The average Bonchev–Trinajstić information content (AvgIpc) is 2.55. The number of esters is 1. The van der Waals surface area contributed by atoms with Gasteiger partial charge in [0.15, 0.2) is 6.10 Å². The largest absolute Gasteiger partial charge is 0.449 e. The van der Waals surface area contributed by atoms with Crippen molar-refractivity contribution in [3.05, 3.63) is 64.9 Å². The second-order valence-corrected chi connectivity index (χ2v) is 5.44. The molecule has 0 aliphatic heterocycles. The number of amides is 1. The molecule has 6 heteroatoms. The Morgan fingerprint density at radius 1 is 1.17 bits per heavy atom. The van der Waals surface area contributed by atoms with E-state index in [4.69, 9.17) is 16.3 Å². The SMILES string of the molecule is CC(OC(=O)c1ccnc(Cl)c1)C(=O)NC(C)c1ccccc1. The molecule has 2 atom stereocenters. The third-order valence-electron chi connectivity index (χ3n) is 3.27. The van der Waals surface area contributed by atoms with Crippen LogP contribution in [0.5, 0.6) is 0 Å². The lowest BCUT2D eigenvalue weighted by molar-refractivity contribution is -0.129. The topological polar surface area (TPSA) is 68.3 Å². The molecule has 2 unspecified atom stereocenters. The van der Waals surface area contributed by atoms with E-state index in [1.165, 1.54) is 25.3 Å². The van der Waals surface area contributed by atoms with Crippen LogP contribution in [0.1, 0.15) is 35.8 Å². The molecule has 0 aliphatic carbocycles. The van der Waals surface area contributed by atoms with Crippen molar-refractivity contribution in [2.75, 3.05) is 0 Å². The number of rotatable bonds is 5. The molecule has 0 radical (unpaired) electrons. The van der Waals surface area contributed by atoms with Gasteiger partial charge in [-0.2, -0.15) is 0 Å². The highest BCUT2D eigenvalue weighted by Crippen LogP contribution is 2.13. The Bertz CT molecular complexity index is 691. The highest BCUT2D eigenvalue weighted by atomic mass is 35.5. The van der Waals surface area contributed by atoms with E-state index in [9.17, 15) is 9.59 Å². The van der Waals surface area contributed by atoms with Crippen molar-refractivity contribution >= 4 is 23.5 Å². The van der Waals surface area contributed by atoms with Gasteiger partial charge in [0, 0.05) is 6.20 Å². The van der Waals surface area contributed by atoms with Gasteiger partial charge in [-0.1, -0.05) is 41.9 Å². The zero-order chi connectivity index (χ0) is 16.8. The zero-order valence-electron chi connectivity index (χ0n) is 12.8. The van der Waals surface area contributed by atoms with Crippen LogP contribution in [0.2, 0.25) is 5.15 Å². The normalized spacial score (nSPS) is 13.0. The maximum Gasteiger partial charge on any atom is 0.339 e. The van der Waals surface area contributed by atoms with Gasteiger partial charge in [0.25, 0.3) is 5.91 Å². The summed E-state index contributed by atoms with van der Waals surface area (Å²) >= 11 is 5.73. The summed E-state index contributed by atoms with van der Waals surface area (Å²) in [5, 5.41) is 3.00. The van der Waals surface area contributed by atoms with Crippen LogP contribution in [0.3, 0.4) is 0 Å². The van der Waals surface area contributed by atoms with E-state index >= 15 is 0 Å². The van der Waals surface area contributed by atoms with Crippen molar-refractivity contribution in [3.8, 4) is 0 Å². The highest BCUT2D eigenvalue weighted by Gasteiger charge is 2.21. The first-order valence-electron chi connectivity index (χ1n) is 7.15. The van der Waals surface area contributed by atoms with Crippen molar-refractivity contribution in [2.45, 2.75) is 26.0 Å². The van der Waals surface area contributed by atoms with Crippen molar-refractivity contribution in [1.29, 1.82) is 0 Å². The van der Waals surface area contributed by atoms with E-state index in [1.54, 1.807) is 0 Å². The number of benzene rings is 1. The fourth-order valence-electron chi connectivity index (χ4n) is 1.97. The third kappa shape index (κ3) is 4.79. The molecule has 0 bridgehead atoms. The molecule has 2 rings (SSSR count). The number of nitrogens with zero attached hydrogens (tertiary/aromatic N) is 1. The number of carbonyl (C=O) groups excluding carboxylic acids is 2. The third-order valence-corrected chi connectivity index (χ3v) is 3.48. The van der Waals surface area contributed by atoms with E-state index in [-0.39, 0.29) is 22.7 Å². The first-order chi connectivity index (χ1) is 11.0. The summed E-state index contributed by atoms with van der Waals surface area (Å²) in [5.74, 6) is -0.987. The number of hydrogen-bond acceptors (Lipinski definition) is 4. The predicted molar refractivity (Wildman–Crippen MR) is 87.1 cm³/mol. The molecule has 120 valence electrons. The number of halogens is 1. The summed E-state index contributed by atoms with van der Waals surface area (Å²) in [7, 11) is 0. The molecule has 5 nitrogen and oxygen atoms in total. The summed E-state index contributed by atoms with van der Waals surface area (Å²) in [6, 6.07) is 12.2. The van der Waals surface area contributed by atoms with Crippen molar-refractivity contribution in [3.63, 3.8) is 0 Å². The Morgan fingerprint density at radius 2 is 1.87 bits per heavy atom. The molecule has 0 aliphatic rings. The summed E-state index contributed by atoms with van der Waals surface area (Å²) < 4.78 is 5.15. The summed E-state index contributed by atoms with van der Waals surface area (Å²) in [6.07, 6.45) is 0.488. The minimum atomic E-state index is -0.916. The van der Waals surface area contributed by atoms with E-state index in [2.05, 4.69) is 10.3 Å². The van der Waals surface area contributed by atoms with Gasteiger partial charge in [-0.15, -0.1) is 0 Å². The maximum atomic E-state index is 12.1. The van der Waals surface area contributed by atoms with Crippen LogP contribution in [0.25, 0.3) is 0 Å². The second-order valence-electron chi connectivity index (χ2n) is 5.06. The standard InChI is InChI=1S/C17H17ClN2O3/c1-11(13-6-4-3-5-7-13)20-16(21)12(2)23-17(22)14-8-9-19-15(18)10-14/h3-12H,1-2H3,(H,20,21). The molecule has 1 N–H and O–H groups in total. The lowest BCUT2D eigenvalue weighted by atomic mass is 10.1. The first kappa shape index (κ1) is 17.0. The molecule has 1 amide bonds. The Hall–Kier alpha value is -2.40. The predicted octanol–water partition coefficient (Wildman–Crippen LogP) is 3.16. The van der Waals surface area contributed by atoms with Gasteiger partial charge in [-0.25, -0.2) is 9.78 Å². The number of hydrogen-bond donors (Lipinski definition) is 1. The van der Waals surface area contributed by atoms with Gasteiger partial charge >= 0.3 is 5.97 Å². The number of aromatic nitrogens is 1. The molecular weight excluding hydrogens is 316 g/mol. The van der Waals surface area contributed by atoms with Crippen molar-refractivity contribution in [2.24, 2.45) is 0 Å². The quantitative estimate of drug-likeness (QED) is 0.674. The van der Waals surface area contributed by atoms with E-state index < -0.39 is 12.1 Å². The van der Waals surface area contributed by atoms with E-state index in [0.717, 1.165) is 5.56 Å². The lowest BCUT2D eigenvalue weighted by Crippen LogP contribution is -2.37. The fourth-order valence-corrected chi connectivity index (χ4v) is 2.14. The van der Waals surface area contributed by atoms with Crippen molar-refractivity contribution in [1.82, 2.24) is 10.3 Å². The van der Waals surface area contributed by atoms with Gasteiger partial charge in [-0.3, -0.25) is 4.79 Å². The number of ether oxygens (including phenoxy) is 1. The average molecular weight is 333 g/mol. The minimum Gasteiger partial charge on any atom is -0.449 e. The molecule has 0 spiro atoms. The van der Waals surface area contributed by atoms with Crippen LogP contribution >= 0.6 is 11.6 Å². The Kier molecular flexibility index (Phi) is 5.71. The van der Waals surface area contributed by atoms with Gasteiger partial charge in [0.2, 0.25) is 0 Å². The molecule has 1 aromatic carbocycles. The van der Waals surface area contributed by atoms with Crippen LogP contribution in [0, 0.1) is 0 Å². The van der Waals surface area contributed by atoms with Crippen LogP contribution in [-0.4, -0.2) is 23.0 Å². The van der Waals surface area contributed by atoms with Crippen LogP contribution < -0.4 is 5.32 Å². The number of nitrogens with one attached hydrogen (secondary N) is 1. The maximum absolute atomic E-state index is 12.1. The summed E-state index contributed by atoms with van der Waals surface area (Å²) in [4.78, 5) is 27.9. The molecule has 0 saturated heterocycles. The monoisotopic (exact) mass is 332 g/mol. The van der Waals surface area contributed by atoms with Crippen molar-refractivity contribution < 1.29 is 14.3 Å². The lowest BCUT2D eigenvalue weighted by Gasteiger charge is -2.18. The highest BCUT2D eigenvalue weighted by molar-refractivity contribution is 6.29. The zero-order valence-corrected chi connectivity index (χ0v) is 13.6. The van der Waals surface area contributed by atoms with Crippen LogP contribution in [-0.2, 0) is 9.53 Å². The molecular formula is C17H17ClN2O3. The molecule has 23 heavy (non-hydrogen) atoms. The van der Waals surface area contributed by atoms with Gasteiger partial charge in [0.1, 0.15) is 5.15 Å². The molecule has 0 fully saturated rings.